The van der Waals surface area contributed by atoms with Gasteiger partial charge < -0.3 is 5.32 Å². The molecule has 0 aliphatic heterocycles. The second-order valence-electron chi connectivity index (χ2n) is 5.79. The smallest absolute Gasteiger partial charge is 0.0236 e. The van der Waals surface area contributed by atoms with E-state index in [0.717, 1.165) is 32.1 Å². The minimum absolute atomic E-state index is 0.778. The van der Waals surface area contributed by atoms with Gasteiger partial charge >= 0.3 is 0 Å². The first-order valence-corrected chi connectivity index (χ1v) is 8.21. The van der Waals surface area contributed by atoms with Crippen LogP contribution in [0.1, 0.15) is 51.7 Å². The number of rotatable bonds is 10. The summed E-state index contributed by atoms with van der Waals surface area (Å²) >= 11 is 0. The van der Waals surface area contributed by atoms with Crippen molar-refractivity contribution in [3.8, 4) is 0 Å². The van der Waals surface area contributed by atoms with Crippen LogP contribution in [0.25, 0.3) is 0 Å². The monoisotopic (exact) mass is 276 g/mol. The molecule has 20 heavy (non-hydrogen) atoms. The Balaban J connectivity index is 2.64. The van der Waals surface area contributed by atoms with E-state index in [4.69, 9.17) is 0 Å². The Kier molecular flexibility index (Phi) is 8.56. The molecule has 0 radical (unpaired) electrons. The Morgan fingerprint density at radius 2 is 1.80 bits per heavy atom. The first kappa shape index (κ1) is 17.2. The predicted octanol–water partition coefficient (Wildman–Crippen LogP) is 4.05. The highest BCUT2D eigenvalue weighted by Gasteiger charge is 2.10. The van der Waals surface area contributed by atoms with Gasteiger partial charge in [0.15, 0.2) is 0 Å². The van der Waals surface area contributed by atoms with E-state index in [1.807, 2.05) is 0 Å². The van der Waals surface area contributed by atoms with E-state index in [1.54, 1.807) is 0 Å². The fraction of sp³-hybridized carbons (Fsp3) is 0.667. The van der Waals surface area contributed by atoms with Gasteiger partial charge in [0, 0.05) is 19.6 Å². The molecule has 1 aromatic carbocycles. The molecule has 2 nitrogen and oxygen atoms in total. The van der Waals surface area contributed by atoms with Crippen LogP contribution in [0, 0.1) is 5.92 Å². The largest absolute Gasteiger partial charge is 0.313 e. The third kappa shape index (κ3) is 6.06. The lowest BCUT2D eigenvalue weighted by Gasteiger charge is -2.25. The van der Waals surface area contributed by atoms with Crippen molar-refractivity contribution in [1.82, 2.24) is 10.2 Å². The lowest BCUT2D eigenvalue weighted by atomic mass is 10.0. The molecule has 1 atom stereocenters. The number of benzene rings is 1. The third-order valence-electron chi connectivity index (χ3n) is 3.97. The van der Waals surface area contributed by atoms with E-state index in [1.165, 1.54) is 30.5 Å². The first-order valence-electron chi connectivity index (χ1n) is 8.21. The first-order chi connectivity index (χ1) is 9.71. The maximum Gasteiger partial charge on any atom is 0.0236 e. The molecule has 0 spiro atoms. The fourth-order valence-corrected chi connectivity index (χ4v) is 2.40. The lowest BCUT2D eigenvalue weighted by Crippen LogP contribution is -2.28. The summed E-state index contributed by atoms with van der Waals surface area (Å²) < 4.78 is 0. The van der Waals surface area contributed by atoms with Gasteiger partial charge in [-0.05, 0) is 36.6 Å². The van der Waals surface area contributed by atoms with E-state index in [0.29, 0.717) is 0 Å². The van der Waals surface area contributed by atoms with Crippen molar-refractivity contribution in [2.45, 2.75) is 53.6 Å². The topological polar surface area (TPSA) is 15.3 Å². The van der Waals surface area contributed by atoms with Crippen LogP contribution in [0.2, 0.25) is 0 Å². The Bertz CT molecular complexity index is 362. The fourth-order valence-electron chi connectivity index (χ4n) is 2.40. The summed E-state index contributed by atoms with van der Waals surface area (Å²) in [5, 5.41) is 3.52. The SMILES string of the molecule is CCCNCc1ccccc1CN(CC)CC(C)CC. The molecule has 1 rings (SSSR count). The number of nitrogens with one attached hydrogen (secondary N) is 1. The number of nitrogens with zero attached hydrogens (tertiary/aromatic N) is 1. The molecule has 1 aromatic rings. The predicted molar refractivity (Wildman–Crippen MR) is 88.8 cm³/mol. The quantitative estimate of drug-likeness (QED) is 0.648. The van der Waals surface area contributed by atoms with E-state index in [-0.39, 0.29) is 0 Å². The normalized spacial score (nSPS) is 12.8. The van der Waals surface area contributed by atoms with Gasteiger partial charge in [-0.25, -0.2) is 0 Å². The molecule has 0 aliphatic rings. The van der Waals surface area contributed by atoms with Crippen LogP contribution < -0.4 is 5.32 Å². The van der Waals surface area contributed by atoms with Crippen LogP contribution in [0.5, 0.6) is 0 Å². The maximum atomic E-state index is 3.52. The van der Waals surface area contributed by atoms with Crippen LogP contribution in [0.4, 0.5) is 0 Å². The number of hydrogen-bond donors (Lipinski definition) is 1. The molecule has 1 unspecified atom stereocenters. The summed E-state index contributed by atoms with van der Waals surface area (Å²) in [5.74, 6) is 0.778. The zero-order chi connectivity index (χ0) is 14.8. The highest BCUT2D eigenvalue weighted by atomic mass is 15.1. The molecule has 0 fully saturated rings. The van der Waals surface area contributed by atoms with Gasteiger partial charge in [-0.2, -0.15) is 0 Å². The average Bonchev–Trinajstić information content (AvgIpc) is 2.48. The summed E-state index contributed by atoms with van der Waals surface area (Å²) in [6.45, 7) is 14.6. The average molecular weight is 276 g/mol. The van der Waals surface area contributed by atoms with E-state index in [9.17, 15) is 0 Å². The summed E-state index contributed by atoms with van der Waals surface area (Å²) in [7, 11) is 0. The molecular weight excluding hydrogens is 244 g/mol. The van der Waals surface area contributed by atoms with Crippen LogP contribution in [0.15, 0.2) is 24.3 Å². The second-order valence-corrected chi connectivity index (χ2v) is 5.79. The van der Waals surface area contributed by atoms with Crippen molar-refractivity contribution < 1.29 is 0 Å². The van der Waals surface area contributed by atoms with Crippen LogP contribution in [0.3, 0.4) is 0 Å². The summed E-state index contributed by atoms with van der Waals surface area (Å²) in [6.07, 6.45) is 2.45. The van der Waals surface area contributed by atoms with Gasteiger partial charge in [0.1, 0.15) is 0 Å². The van der Waals surface area contributed by atoms with E-state index in [2.05, 4.69) is 62.2 Å². The molecule has 0 heterocycles. The van der Waals surface area contributed by atoms with Crippen LogP contribution in [-0.4, -0.2) is 24.5 Å². The van der Waals surface area contributed by atoms with Gasteiger partial charge in [0.05, 0.1) is 0 Å². The van der Waals surface area contributed by atoms with Gasteiger partial charge in [-0.1, -0.05) is 58.4 Å². The zero-order valence-electron chi connectivity index (χ0n) is 13.8. The zero-order valence-corrected chi connectivity index (χ0v) is 13.8. The molecule has 0 amide bonds. The third-order valence-corrected chi connectivity index (χ3v) is 3.97. The molecule has 2 heteroatoms. The van der Waals surface area contributed by atoms with Crippen LogP contribution >= 0.6 is 0 Å². The van der Waals surface area contributed by atoms with Crippen molar-refractivity contribution in [3.63, 3.8) is 0 Å². The Morgan fingerprint density at radius 3 is 2.40 bits per heavy atom. The van der Waals surface area contributed by atoms with Crippen molar-refractivity contribution >= 4 is 0 Å². The van der Waals surface area contributed by atoms with Gasteiger partial charge in [0.2, 0.25) is 0 Å². The standard InChI is InChI=1S/C18H32N2/c1-5-12-19-13-17-10-8-9-11-18(17)15-20(7-3)14-16(4)6-2/h8-11,16,19H,5-7,12-15H2,1-4H3. The molecule has 0 saturated carbocycles. The van der Waals surface area contributed by atoms with E-state index >= 15 is 0 Å². The summed E-state index contributed by atoms with van der Waals surface area (Å²) in [6, 6.07) is 8.85. The van der Waals surface area contributed by atoms with E-state index < -0.39 is 0 Å². The highest BCUT2D eigenvalue weighted by molar-refractivity contribution is 5.27. The van der Waals surface area contributed by atoms with Gasteiger partial charge in [-0.3, -0.25) is 4.90 Å². The molecule has 0 bridgehead atoms. The lowest BCUT2D eigenvalue weighted by molar-refractivity contribution is 0.237. The Hall–Kier alpha value is -0.860. The Labute approximate surface area is 125 Å². The molecule has 0 aliphatic carbocycles. The second kappa shape index (κ2) is 9.95. The van der Waals surface area contributed by atoms with Gasteiger partial charge in [0.25, 0.3) is 0 Å². The van der Waals surface area contributed by atoms with Crippen LogP contribution in [-0.2, 0) is 13.1 Å². The molecule has 0 aromatic heterocycles. The molecule has 0 saturated heterocycles. The maximum absolute atomic E-state index is 3.52. The minimum Gasteiger partial charge on any atom is -0.313 e. The van der Waals surface area contributed by atoms with Crippen molar-refractivity contribution in [2.24, 2.45) is 5.92 Å². The van der Waals surface area contributed by atoms with Crippen molar-refractivity contribution in [1.29, 1.82) is 0 Å². The molecular formula is C18H32N2. The summed E-state index contributed by atoms with van der Waals surface area (Å²) in [5.41, 5.74) is 2.92. The highest BCUT2D eigenvalue weighted by Crippen LogP contribution is 2.14. The van der Waals surface area contributed by atoms with Gasteiger partial charge in [-0.15, -0.1) is 0 Å². The van der Waals surface area contributed by atoms with Crippen molar-refractivity contribution in [2.75, 3.05) is 19.6 Å². The minimum atomic E-state index is 0.778. The number of hydrogen-bond acceptors (Lipinski definition) is 2. The molecule has 1 N–H and O–H groups in total. The summed E-state index contributed by atoms with van der Waals surface area (Å²) in [4.78, 5) is 2.56. The Morgan fingerprint density at radius 1 is 1.10 bits per heavy atom. The molecule has 114 valence electrons. The van der Waals surface area contributed by atoms with Crippen molar-refractivity contribution in [3.05, 3.63) is 35.4 Å².